The number of nitrogens with one attached hydrogen (secondary N) is 1. The molecule has 2 aromatic carbocycles. The zero-order valence-electron chi connectivity index (χ0n) is 13.0. The molecule has 3 nitrogen and oxygen atoms in total. The first kappa shape index (κ1) is 15.5. The van der Waals surface area contributed by atoms with E-state index >= 15 is 0 Å². The van der Waals surface area contributed by atoms with Crippen molar-refractivity contribution in [2.75, 3.05) is 0 Å². The second-order valence-electron chi connectivity index (χ2n) is 5.62. The Morgan fingerprint density at radius 3 is 2.52 bits per heavy atom. The number of hydrogen-bond acceptors (Lipinski definition) is 2. The maximum Gasteiger partial charge on any atom is 0.257 e. The van der Waals surface area contributed by atoms with E-state index in [2.05, 4.69) is 9.97 Å². The monoisotopic (exact) mass is 350 g/mol. The minimum atomic E-state index is -0.508. The number of rotatable bonds is 2. The highest BCUT2D eigenvalue weighted by Gasteiger charge is 2.14. The van der Waals surface area contributed by atoms with Crippen molar-refractivity contribution >= 4 is 22.5 Å². The van der Waals surface area contributed by atoms with Gasteiger partial charge in [0, 0.05) is 17.3 Å². The molecule has 0 atom stereocenters. The van der Waals surface area contributed by atoms with Gasteiger partial charge in [0.1, 0.15) is 5.82 Å². The summed E-state index contributed by atoms with van der Waals surface area (Å²) in [5.41, 5.74) is 3.18. The number of aromatic nitrogens is 2. The van der Waals surface area contributed by atoms with Gasteiger partial charge in [0.15, 0.2) is 0 Å². The van der Waals surface area contributed by atoms with E-state index in [0.29, 0.717) is 22.2 Å². The van der Waals surface area contributed by atoms with Crippen LogP contribution in [0, 0.1) is 5.82 Å². The topological polar surface area (TPSA) is 45.8 Å². The van der Waals surface area contributed by atoms with E-state index in [4.69, 9.17) is 11.6 Å². The predicted molar refractivity (Wildman–Crippen MR) is 98.2 cm³/mol. The largest absolute Gasteiger partial charge is 0.328 e. The van der Waals surface area contributed by atoms with E-state index in [9.17, 15) is 9.18 Å². The Morgan fingerprint density at radius 2 is 1.76 bits per heavy atom. The highest BCUT2D eigenvalue weighted by atomic mass is 35.5. The summed E-state index contributed by atoms with van der Waals surface area (Å²) < 4.78 is 14.0. The van der Waals surface area contributed by atoms with Crippen molar-refractivity contribution in [1.82, 2.24) is 9.97 Å². The van der Waals surface area contributed by atoms with Gasteiger partial charge in [-0.3, -0.25) is 4.79 Å². The molecule has 2 aromatic heterocycles. The average molecular weight is 351 g/mol. The number of nitrogens with zero attached hydrogens (tertiary/aromatic N) is 1. The Hall–Kier alpha value is -2.98. The fourth-order valence-corrected chi connectivity index (χ4v) is 2.93. The molecule has 0 radical (unpaired) electrons. The molecule has 0 unspecified atom stereocenters. The van der Waals surface area contributed by atoms with Crippen LogP contribution >= 0.6 is 11.6 Å². The van der Waals surface area contributed by atoms with Crippen LogP contribution in [0.5, 0.6) is 0 Å². The number of fused-ring (bicyclic) bond motifs is 1. The summed E-state index contributed by atoms with van der Waals surface area (Å²) in [7, 11) is 0. The van der Waals surface area contributed by atoms with Crippen LogP contribution in [0.15, 0.2) is 71.7 Å². The molecule has 25 heavy (non-hydrogen) atoms. The van der Waals surface area contributed by atoms with E-state index in [0.717, 1.165) is 11.1 Å². The van der Waals surface area contributed by atoms with Gasteiger partial charge < -0.3 is 4.98 Å². The van der Waals surface area contributed by atoms with Gasteiger partial charge >= 0.3 is 0 Å². The first-order valence-corrected chi connectivity index (χ1v) is 8.04. The van der Waals surface area contributed by atoms with Gasteiger partial charge in [-0.25, -0.2) is 9.37 Å². The van der Waals surface area contributed by atoms with Gasteiger partial charge in [-0.15, -0.1) is 0 Å². The normalized spacial score (nSPS) is 11.0. The quantitative estimate of drug-likeness (QED) is 0.550. The van der Waals surface area contributed by atoms with Crippen LogP contribution in [-0.2, 0) is 0 Å². The first-order chi connectivity index (χ1) is 12.1. The summed E-state index contributed by atoms with van der Waals surface area (Å²) in [6.45, 7) is 0. The van der Waals surface area contributed by atoms with Crippen LogP contribution in [0.4, 0.5) is 4.39 Å². The van der Waals surface area contributed by atoms with Crippen molar-refractivity contribution < 1.29 is 4.39 Å². The molecule has 0 saturated heterocycles. The van der Waals surface area contributed by atoms with E-state index in [-0.39, 0.29) is 10.6 Å². The van der Waals surface area contributed by atoms with Gasteiger partial charge in [0.2, 0.25) is 0 Å². The first-order valence-electron chi connectivity index (χ1n) is 7.67. The lowest BCUT2D eigenvalue weighted by atomic mass is 9.98. The van der Waals surface area contributed by atoms with Crippen molar-refractivity contribution in [2.45, 2.75) is 0 Å². The smallest absolute Gasteiger partial charge is 0.257 e. The SMILES string of the molecule is O=c1[nH]ccc2nc(-c3ccc(Cl)c(F)c3)c(-c3ccccc3)cc12. The summed E-state index contributed by atoms with van der Waals surface area (Å²) in [5, 5.41) is 0.543. The number of halogens is 2. The number of H-pyrrole nitrogens is 1. The Bertz CT molecular complexity index is 1140. The van der Waals surface area contributed by atoms with Gasteiger partial charge in [-0.05, 0) is 29.8 Å². The fourth-order valence-electron chi connectivity index (χ4n) is 2.81. The maximum absolute atomic E-state index is 14.0. The zero-order chi connectivity index (χ0) is 17.4. The molecule has 4 aromatic rings. The predicted octanol–water partition coefficient (Wildman–Crippen LogP) is 5.05. The highest BCUT2D eigenvalue weighted by Crippen LogP contribution is 2.33. The average Bonchev–Trinajstić information content (AvgIpc) is 2.64. The number of hydrogen-bond donors (Lipinski definition) is 1. The van der Waals surface area contributed by atoms with Crippen LogP contribution in [0.3, 0.4) is 0 Å². The lowest BCUT2D eigenvalue weighted by Crippen LogP contribution is -2.06. The molecule has 0 aliphatic heterocycles. The van der Waals surface area contributed by atoms with Crippen molar-refractivity contribution in [2.24, 2.45) is 0 Å². The van der Waals surface area contributed by atoms with Crippen LogP contribution in [-0.4, -0.2) is 9.97 Å². The minimum absolute atomic E-state index is 0.0576. The maximum atomic E-state index is 14.0. The second kappa shape index (κ2) is 6.15. The number of pyridine rings is 2. The van der Waals surface area contributed by atoms with Gasteiger partial charge in [-0.1, -0.05) is 48.0 Å². The standard InChI is InChI=1S/C20H12ClFN2O/c21-16-7-6-13(10-17(16)22)19-14(12-4-2-1-3-5-12)11-15-18(24-19)8-9-23-20(15)25/h1-11H,(H,23,25). The molecule has 4 rings (SSSR count). The molecule has 0 spiro atoms. The fraction of sp³-hybridized carbons (Fsp3) is 0. The molecular weight excluding hydrogens is 339 g/mol. The summed E-state index contributed by atoms with van der Waals surface area (Å²) >= 11 is 5.80. The lowest BCUT2D eigenvalue weighted by molar-refractivity contribution is 0.628. The molecule has 0 saturated carbocycles. The zero-order valence-corrected chi connectivity index (χ0v) is 13.7. The molecule has 2 heterocycles. The van der Waals surface area contributed by atoms with Crippen LogP contribution < -0.4 is 5.56 Å². The summed E-state index contributed by atoms with van der Waals surface area (Å²) in [6, 6.07) is 17.7. The van der Waals surface area contributed by atoms with Crippen LogP contribution in [0.25, 0.3) is 33.3 Å². The molecule has 0 aliphatic rings. The van der Waals surface area contributed by atoms with Gasteiger partial charge in [0.05, 0.1) is 21.6 Å². The molecular formula is C20H12ClFN2O. The van der Waals surface area contributed by atoms with E-state index < -0.39 is 5.82 Å². The van der Waals surface area contributed by atoms with Crippen LogP contribution in [0.1, 0.15) is 0 Å². The summed E-state index contributed by atoms with van der Waals surface area (Å²) in [4.78, 5) is 19.4. The van der Waals surface area contributed by atoms with Crippen LogP contribution in [0.2, 0.25) is 5.02 Å². The molecule has 122 valence electrons. The van der Waals surface area contributed by atoms with E-state index in [1.54, 1.807) is 24.4 Å². The molecule has 0 amide bonds. The minimum Gasteiger partial charge on any atom is -0.328 e. The number of aromatic amines is 1. The Morgan fingerprint density at radius 1 is 0.960 bits per heavy atom. The molecule has 0 fully saturated rings. The second-order valence-corrected chi connectivity index (χ2v) is 6.03. The summed E-state index contributed by atoms with van der Waals surface area (Å²) in [5.74, 6) is -0.508. The number of benzene rings is 2. The Balaban J connectivity index is 2.07. The molecule has 5 heteroatoms. The van der Waals surface area contributed by atoms with Gasteiger partial charge in [-0.2, -0.15) is 0 Å². The van der Waals surface area contributed by atoms with Crippen molar-refractivity contribution in [3.8, 4) is 22.4 Å². The van der Waals surface area contributed by atoms with E-state index in [1.807, 2.05) is 30.3 Å². The van der Waals surface area contributed by atoms with Gasteiger partial charge in [0.25, 0.3) is 5.56 Å². The summed E-state index contributed by atoms with van der Waals surface area (Å²) in [6.07, 6.45) is 1.55. The van der Waals surface area contributed by atoms with Crippen molar-refractivity contribution in [3.05, 3.63) is 88.1 Å². The Labute approximate surface area is 147 Å². The lowest BCUT2D eigenvalue weighted by Gasteiger charge is -2.11. The molecule has 0 aliphatic carbocycles. The third-order valence-corrected chi connectivity index (χ3v) is 4.34. The molecule has 1 N–H and O–H groups in total. The highest BCUT2D eigenvalue weighted by molar-refractivity contribution is 6.30. The van der Waals surface area contributed by atoms with Crippen molar-refractivity contribution in [3.63, 3.8) is 0 Å². The van der Waals surface area contributed by atoms with E-state index in [1.165, 1.54) is 12.1 Å². The van der Waals surface area contributed by atoms with Crippen molar-refractivity contribution in [1.29, 1.82) is 0 Å². The third kappa shape index (κ3) is 2.81. The Kier molecular flexibility index (Phi) is 3.82. The molecule has 0 bridgehead atoms. The third-order valence-electron chi connectivity index (χ3n) is 4.03.